The minimum Gasteiger partial charge on any atom is -0.332 e. The van der Waals surface area contributed by atoms with Gasteiger partial charge in [0.25, 0.3) is 0 Å². The number of amides is 1. The Kier molecular flexibility index (Phi) is 6.35. The van der Waals surface area contributed by atoms with Gasteiger partial charge in [-0.1, -0.05) is 63.6 Å². The largest absolute Gasteiger partial charge is 0.332 e. The standard InChI is InChI=1S/C22H30N2O/c1-17-9-8-10-19(13-17)15-24(16-20-11-6-7-12-23-20)21(25)14-18(2)22(3,4)5/h6-13,18H,14-16H2,1-5H3. The summed E-state index contributed by atoms with van der Waals surface area (Å²) in [6.45, 7) is 12.0. The zero-order chi connectivity index (χ0) is 18.4. The number of carbonyl (C=O) groups excluding carboxylic acids is 1. The molecule has 1 atom stereocenters. The molecule has 0 aliphatic carbocycles. The van der Waals surface area contributed by atoms with E-state index in [4.69, 9.17) is 0 Å². The van der Waals surface area contributed by atoms with E-state index in [0.29, 0.717) is 25.4 Å². The maximum Gasteiger partial charge on any atom is 0.223 e. The monoisotopic (exact) mass is 338 g/mol. The third-order valence-corrected chi connectivity index (χ3v) is 4.85. The molecule has 0 bridgehead atoms. The highest BCUT2D eigenvalue weighted by molar-refractivity contribution is 5.76. The quantitative estimate of drug-likeness (QED) is 0.743. The van der Waals surface area contributed by atoms with Crippen molar-refractivity contribution in [2.45, 2.75) is 54.1 Å². The number of nitrogens with zero attached hydrogens (tertiary/aromatic N) is 2. The summed E-state index contributed by atoms with van der Waals surface area (Å²) in [6.07, 6.45) is 2.34. The first-order valence-corrected chi connectivity index (χ1v) is 8.99. The highest BCUT2D eigenvalue weighted by atomic mass is 16.2. The third-order valence-electron chi connectivity index (χ3n) is 4.85. The van der Waals surface area contributed by atoms with Crippen LogP contribution in [0.2, 0.25) is 0 Å². The van der Waals surface area contributed by atoms with Gasteiger partial charge in [-0.05, 0) is 36.0 Å². The summed E-state index contributed by atoms with van der Waals surface area (Å²) < 4.78 is 0. The fourth-order valence-corrected chi connectivity index (χ4v) is 2.65. The van der Waals surface area contributed by atoms with Crippen LogP contribution in [0.1, 0.15) is 50.9 Å². The minimum atomic E-state index is 0.121. The molecular formula is C22H30N2O. The van der Waals surface area contributed by atoms with Crippen molar-refractivity contribution in [3.05, 3.63) is 65.5 Å². The van der Waals surface area contributed by atoms with Crippen molar-refractivity contribution in [3.63, 3.8) is 0 Å². The van der Waals surface area contributed by atoms with Crippen LogP contribution in [0.15, 0.2) is 48.7 Å². The molecule has 0 aliphatic heterocycles. The molecule has 0 N–H and O–H groups in total. The summed E-state index contributed by atoms with van der Waals surface area (Å²) in [4.78, 5) is 19.3. The molecule has 25 heavy (non-hydrogen) atoms. The number of aromatic nitrogens is 1. The van der Waals surface area contributed by atoms with E-state index in [-0.39, 0.29) is 11.3 Å². The van der Waals surface area contributed by atoms with E-state index in [1.165, 1.54) is 5.56 Å². The molecule has 0 aliphatic rings. The van der Waals surface area contributed by atoms with Gasteiger partial charge in [0.2, 0.25) is 5.91 Å². The number of benzene rings is 1. The van der Waals surface area contributed by atoms with E-state index >= 15 is 0 Å². The SMILES string of the molecule is Cc1cccc(CN(Cc2ccccn2)C(=O)CC(C)C(C)(C)C)c1. The molecule has 1 amide bonds. The Morgan fingerprint density at radius 2 is 1.88 bits per heavy atom. The molecule has 134 valence electrons. The fourth-order valence-electron chi connectivity index (χ4n) is 2.65. The van der Waals surface area contributed by atoms with E-state index in [0.717, 1.165) is 11.3 Å². The lowest BCUT2D eigenvalue weighted by Gasteiger charge is -2.30. The van der Waals surface area contributed by atoms with Gasteiger partial charge in [-0.15, -0.1) is 0 Å². The number of rotatable bonds is 6. The van der Waals surface area contributed by atoms with Gasteiger partial charge in [-0.2, -0.15) is 0 Å². The third kappa shape index (κ3) is 6.00. The molecule has 1 unspecified atom stereocenters. The van der Waals surface area contributed by atoms with Crippen LogP contribution in [-0.2, 0) is 17.9 Å². The van der Waals surface area contributed by atoms with Crippen LogP contribution < -0.4 is 0 Å². The van der Waals surface area contributed by atoms with Crippen LogP contribution in [0.5, 0.6) is 0 Å². The summed E-state index contributed by atoms with van der Waals surface area (Å²) >= 11 is 0. The highest BCUT2D eigenvalue weighted by Gasteiger charge is 2.25. The van der Waals surface area contributed by atoms with Crippen molar-refractivity contribution in [1.82, 2.24) is 9.88 Å². The van der Waals surface area contributed by atoms with E-state index in [1.54, 1.807) is 6.20 Å². The maximum atomic E-state index is 13.0. The van der Waals surface area contributed by atoms with Crippen molar-refractivity contribution < 1.29 is 4.79 Å². The summed E-state index contributed by atoms with van der Waals surface area (Å²) in [5.74, 6) is 0.512. The van der Waals surface area contributed by atoms with Gasteiger partial charge in [0.1, 0.15) is 0 Å². The molecule has 0 fully saturated rings. The van der Waals surface area contributed by atoms with Gasteiger partial charge in [-0.3, -0.25) is 9.78 Å². The number of aryl methyl sites for hydroxylation is 1. The Bertz CT molecular complexity index is 689. The van der Waals surface area contributed by atoms with Crippen LogP contribution in [0.25, 0.3) is 0 Å². The van der Waals surface area contributed by atoms with Gasteiger partial charge in [0.05, 0.1) is 12.2 Å². The Labute approximate surface area is 152 Å². The first-order valence-electron chi connectivity index (χ1n) is 8.99. The van der Waals surface area contributed by atoms with Crippen molar-refractivity contribution in [1.29, 1.82) is 0 Å². The predicted octanol–water partition coefficient (Wildman–Crippen LogP) is 4.99. The predicted molar refractivity (Wildman–Crippen MR) is 103 cm³/mol. The van der Waals surface area contributed by atoms with Crippen LogP contribution >= 0.6 is 0 Å². The van der Waals surface area contributed by atoms with Gasteiger partial charge in [-0.25, -0.2) is 0 Å². The molecule has 1 aromatic carbocycles. The Hall–Kier alpha value is -2.16. The lowest BCUT2D eigenvalue weighted by atomic mass is 9.80. The fraction of sp³-hybridized carbons (Fsp3) is 0.455. The van der Waals surface area contributed by atoms with Crippen LogP contribution in [0, 0.1) is 18.3 Å². The molecule has 3 heteroatoms. The molecular weight excluding hydrogens is 308 g/mol. The van der Waals surface area contributed by atoms with Crippen LogP contribution in [0.3, 0.4) is 0 Å². The van der Waals surface area contributed by atoms with E-state index in [2.05, 4.69) is 57.8 Å². The zero-order valence-corrected chi connectivity index (χ0v) is 16.1. The Morgan fingerprint density at radius 3 is 2.48 bits per heavy atom. The molecule has 1 heterocycles. The number of hydrogen-bond acceptors (Lipinski definition) is 2. The summed E-state index contributed by atoms with van der Waals surface area (Å²) in [6, 6.07) is 14.2. The Balaban J connectivity index is 2.17. The molecule has 1 aromatic heterocycles. The van der Waals surface area contributed by atoms with E-state index in [9.17, 15) is 4.79 Å². The van der Waals surface area contributed by atoms with Gasteiger partial charge < -0.3 is 4.90 Å². The zero-order valence-electron chi connectivity index (χ0n) is 16.1. The average molecular weight is 338 g/mol. The molecule has 0 spiro atoms. The van der Waals surface area contributed by atoms with Gasteiger partial charge in [0.15, 0.2) is 0 Å². The normalized spacial score (nSPS) is 12.7. The van der Waals surface area contributed by atoms with Crippen molar-refractivity contribution >= 4 is 5.91 Å². The first-order chi connectivity index (χ1) is 11.8. The molecule has 2 aromatic rings. The molecule has 2 rings (SSSR count). The van der Waals surface area contributed by atoms with E-state index in [1.807, 2.05) is 29.2 Å². The maximum absolute atomic E-state index is 13.0. The first kappa shape index (κ1) is 19.2. The average Bonchev–Trinajstić information content (AvgIpc) is 2.54. The molecule has 0 saturated heterocycles. The van der Waals surface area contributed by atoms with E-state index < -0.39 is 0 Å². The lowest BCUT2D eigenvalue weighted by molar-refractivity contribution is -0.134. The second kappa shape index (κ2) is 8.28. The van der Waals surface area contributed by atoms with Gasteiger partial charge >= 0.3 is 0 Å². The highest BCUT2D eigenvalue weighted by Crippen LogP contribution is 2.29. The topological polar surface area (TPSA) is 33.2 Å². The smallest absolute Gasteiger partial charge is 0.223 e. The molecule has 3 nitrogen and oxygen atoms in total. The number of pyridine rings is 1. The number of carbonyl (C=O) groups is 1. The summed E-state index contributed by atoms with van der Waals surface area (Å²) in [5, 5.41) is 0. The van der Waals surface area contributed by atoms with Crippen LogP contribution in [0.4, 0.5) is 0 Å². The summed E-state index contributed by atoms with van der Waals surface area (Å²) in [5.41, 5.74) is 3.42. The van der Waals surface area contributed by atoms with Crippen molar-refractivity contribution in [2.75, 3.05) is 0 Å². The van der Waals surface area contributed by atoms with Crippen LogP contribution in [-0.4, -0.2) is 15.8 Å². The molecule has 0 saturated carbocycles. The number of hydrogen-bond donors (Lipinski definition) is 0. The second-order valence-electron chi connectivity index (χ2n) is 8.03. The Morgan fingerprint density at radius 1 is 1.12 bits per heavy atom. The van der Waals surface area contributed by atoms with Crippen molar-refractivity contribution in [3.8, 4) is 0 Å². The summed E-state index contributed by atoms with van der Waals surface area (Å²) in [7, 11) is 0. The minimum absolute atomic E-state index is 0.121. The van der Waals surface area contributed by atoms with Gasteiger partial charge in [0, 0.05) is 19.2 Å². The second-order valence-corrected chi connectivity index (χ2v) is 8.03. The van der Waals surface area contributed by atoms with Crippen molar-refractivity contribution in [2.24, 2.45) is 11.3 Å². The molecule has 0 radical (unpaired) electrons. The lowest BCUT2D eigenvalue weighted by Crippen LogP contribution is -2.33.